The molecule has 0 saturated carbocycles. The van der Waals surface area contributed by atoms with Crippen LogP contribution < -0.4 is 5.32 Å². The summed E-state index contributed by atoms with van der Waals surface area (Å²) in [4.78, 5) is 14.9. The lowest BCUT2D eigenvalue weighted by Gasteiger charge is -2.32. The fourth-order valence-corrected chi connectivity index (χ4v) is 3.72. The minimum absolute atomic E-state index is 0.0311. The number of piperidine rings is 1. The molecule has 1 atom stereocenters. The van der Waals surface area contributed by atoms with Crippen LogP contribution in [0.1, 0.15) is 24.0 Å². The molecule has 3 rings (SSSR count). The molecule has 1 N–H and O–H groups in total. The van der Waals surface area contributed by atoms with Crippen molar-refractivity contribution in [3.63, 3.8) is 0 Å². The monoisotopic (exact) mass is 376 g/mol. The molecule has 1 saturated heterocycles. The molecule has 132 valence electrons. The van der Waals surface area contributed by atoms with Crippen LogP contribution in [0.3, 0.4) is 0 Å². The van der Waals surface area contributed by atoms with E-state index < -0.39 is 0 Å². The average molecular weight is 377 g/mol. The Morgan fingerprint density at radius 1 is 1.16 bits per heavy atom. The Kier molecular flexibility index (Phi) is 6.35. The van der Waals surface area contributed by atoms with Crippen molar-refractivity contribution in [3.8, 4) is 0 Å². The van der Waals surface area contributed by atoms with Gasteiger partial charge in [0.1, 0.15) is 0 Å². The van der Waals surface area contributed by atoms with Gasteiger partial charge < -0.3 is 5.32 Å². The Hall–Kier alpha value is -1.55. The summed E-state index contributed by atoms with van der Waals surface area (Å²) in [6.45, 7) is 3.18. The van der Waals surface area contributed by atoms with E-state index in [1.165, 1.54) is 5.56 Å². The van der Waals surface area contributed by atoms with Crippen molar-refractivity contribution in [3.05, 3.63) is 69.7 Å². The quantitative estimate of drug-likeness (QED) is 0.831. The third-order valence-electron chi connectivity index (χ3n) is 4.59. The highest BCUT2D eigenvalue weighted by molar-refractivity contribution is 6.35. The summed E-state index contributed by atoms with van der Waals surface area (Å²) in [6, 6.07) is 15.7. The zero-order valence-electron chi connectivity index (χ0n) is 14.1. The van der Waals surface area contributed by atoms with Crippen LogP contribution in [0.15, 0.2) is 48.5 Å². The van der Waals surface area contributed by atoms with Crippen molar-refractivity contribution < 1.29 is 4.79 Å². The van der Waals surface area contributed by atoms with Gasteiger partial charge in [0.15, 0.2) is 0 Å². The first-order valence-corrected chi connectivity index (χ1v) is 9.35. The summed E-state index contributed by atoms with van der Waals surface area (Å²) in [5.74, 6) is 0.132. The molecule has 1 fully saturated rings. The lowest BCUT2D eigenvalue weighted by Crippen LogP contribution is -2.42. The number of benzene rings is 2. The van der Waals surface area contributed by atoms with Crippen molar-refractivity contribution in [2.24, 2.45) is 5.92 Å². The standard InChI is InChI=1S/C20H22Cl2N2O/c21-18-9-8-16(19(22)11-18)12-23-20(25)17-7-4-10-24(14-17)13-15-5-2-1-3-6-15/h1-3,5-6,8-9,11,17H,4,7,10,12-14H2,(H,23,25). The Labute approximate surface area is 158 Å². The number of nitrogens with zero attached hydrogens (tertiary/aromatic N) is 1. The maximum atomic E-state index is 12.5. The summed E-state index contributed by atoms with van der Waals surface area (Å²) >= 11 is 12.1. The first-order chi connectivity index (χ1) is 12.1. The van der Waals surface area contributed by atoms with Crippen molar-refractivity contribution >= 4 is 29.1 Å². The number of hydrogen-bond donors (Lipinski definition) is 1. The normalized spacial score (nSPS) is 18.1. The van der Waals surface area contributed by atoms with E-state index in [9.17, 15) is 4.79 Å². The van der Waals surface area contributed by atoms with E-state index in [2.05, 4.69) is 34.5 Å². The summed E-state index contributed by atoms with van der Waals surface area (Å²) in [6.07, 6.45) is 1.98. The van der Waals surface area contributed by atoms with Gasteiger partial charge in [-0.3, -0.25) is 9.69 Å². The van der Waals surface area contributed by atoms with E-state index in [-0.39, 0.29) is 11.8 Å². The number of halogens is 2. The molecule has 0 spiro atoms. The van der Waals surface area contributed by atoms with Gasteiger partial charge in [-0.1, -0.05) is 59.6 Å². The van der Waals surface area contributed by atoms with Gasteiger partial charge in [-0.25, -0.2) is 0 Å². The van der Waals surface area contributed by atoms with Crippen LogP contribution >= 0.6 is 23.2 Å². The molecule has 2 aromatic rings. The zero-order chi connectivity index (χ0) is 17.6. The van der Waals surface area contributed by atoms with Crippen LogP contribution in [-0.4, -0.2) is 23.9 Å². The van der Waals surface area contributed by atoms with E-state index in [1.807, 2.05) is 12.1 Å². The number of hydrogen-bond acceptors (Lipinski definition) is 2. The maximum absolute atomic E-state index is 12.5. The van der Waals surface area contributed by atoms with Crippen LogP contribution in [0.2, 0.25) is 10.0 Å². The molecule has 5 heteroatoms. The molecular formula is C20H22Cl2N2O. The summed E-state index contributed by atoms with van der Waals surface area (Å²) in [5.41, 5.74) is 2.17. The first kappa shape index (κ1) is 18.2. The van der Waals surface area contributed by atoms with Crippen molar-refractivity contribution in [1.82, 2.24) is 10.2 Å². The van der Waals surface area contributed by atoms with E-state index in [0.717, 1.165) is 38.0 Å². The molecule has 25 heavy (non-hydrogen) atoms. The van der Waals surface area contributed by atoms with Crippen LogP contribution in [0.25, 0.3) is 0 Å². The van der Waals surface area contributed by atoms with Gasteiger partial charge in [0, 0.05) is 29.7 Å². The van der Waals surface area contributed by atoms with Crippen LogP contribution in [0.5, 0.6) is 0 Å². The molecular weight excluding hydrogens is 355 g/mol. The Bertz CT molecular complexity index is 721. The lowest BCUT2D eigenvalue weighted by atomic mass is 9.96. The second kappa shape index (κ2) is 8.70. The van der Waals surface area contributed by atoms with E-state index >= 15 is 0 Å². The fourth-order valence-electron chi connectivity index (χ4n) is 3.25. The SMILES string of the molecule is O=C(NCc1ccc(Cl)cc1Cl)C1CCCN(Cc2ccccc2)C1. The number of amides is 1. The Balaban J connectivity index is 1.53. The Morgan fingerprint density at radius 2 is 1.96 bits per heavy atom. The number of nitrogens with one attached hydrogen (secondary N) is 1. The largest absolute Gasteiger partial charge is 0.352 e. The van der Waals surface area contributed by atoms with Gasteiger partial charge in [-0.15, -0.1) is 0 Å². The van der Waals surface area contributed by atoms with Crippen molar-refractivity contribution in [2.75, 3.05) is 13.1 Å². The van der Waals surface area contributed by atoms with Crippen molar-refractivity contribution in [1.29, 1.82) is 0 Å². The van der Waals surface area contributed by atoms with Gasteiger partial charge in [-0.2, -0.15) is 0 Å². The Morgan fingerprint density at radius 3 is 2.72 bits per heavy atom. The van der Waals surface area contributed by atoms with Gasteiger partial charge >= 0.3 is 0 Å². The minimum Gasteiger partial charge on any atom is -0.352 e. The number of carbonyl (C=O) groups excluding carboxylic acids is 1. The predicted octanol–water partition coefficient (Wildman–Crippen LogP) is 4.52. The smallest absolute Gasteiger partial charge is 0.224 e. The second-order valence-corrected chi connectivity index (χ2v) is 7.36. The molecule has 0 bridgehead atoms. The minimum atomic E-state index is 0.0311. The molecule has 0 aromatic heterocycles. The third kappa shape index (κ3) is 5.21. The molecule has 1 unspecified atom stereocenters. The summed E-state index contributed by atoms with van der Waals surface area (Å²) in [5, 5.41) is 4.21. The number of rotatable bonds is 5. The fraction of sp³-hybridized carbons (Fsp3) is 0.350. The topological polar surface area (TPSA) is 32.3 Å². The van der Waals surface area contributed by atoms with Crippen LogP contribution in [-0.2, 0) is 17.9 Å². The summed E-state index contributed by atoms with van der Waals surface area (Å²) in [7, 11) is 0. The van der Waals surface area contributed by atoms with Gasteiger partial charge in [0.25, 0.3) is 0 Å². The average Bonchev–Trinajstić information content (AvgIpc) is 2.62. The van der Waals surface area contributed by atoms with E-state index in [4.69, 9.17) is 23.2 Å². The first-order valence-electron chi connectivity index (χ1n) is 8.60. The van der Waals surface area contributed by atoms with Crippen LogP contribution in [0, 0.1) is 5.92 Å². The van der Waals surface area contributed by atoms with E-state index in [1.54, 1.807) is 12.1 Å². The molecule has 1 heterocycles. The highest BCUT2D eigenvalue weighted by atomic mass is 35.5. The highest BCUT2D eigenvalue weighted by Gasteiger charge is 2.25. The van der Waals surface area contributed by atoms with Crippen LogP contribution in [0.4, 0.5) is 0 Å². The van der Waals surface area contributed by atoms with Crippen molar-refractivity contribution in [2.45, 2.75) is 25.9 Å². The summed E-state index contributed by atoms with van der Waals surface area (Å²) < 4.78 is 0. The lowest BCUT2D eigenvalue weighted by molar-refractivity contribution is -0.126. The number of likely N-dealkylation sites (tertiary alicyclic amines) is 1. The highest BCUT2D eigenvalue weighted by Crippen LogP contribution is 2.22. The second-order valence-electron chi connectivity index (χ2n) is 6.51. The molecule has 3 nitrogen and oxygen atoms in total. The molecule has 0 radical (unpaired) electrons. The maximum Gasteiger partial charge on any atom is 0.224 e. The predicted molar refractivity (Wildman–Crippen MR) is 103 cm³/mol. The third-order valence-corrected chi connectivity index (χ3v) is 5.18. The molecule has 1 amide bonds. The van der Waals surface area contributed by atoms with Gasteiger partial charge in [0.2, 0.25) is 5.91 Å². The molecule has 0 aliphatic carbocycles. The molecule has 1 aliphatic heterocycles. The van der Waals surface area contributed by atoms with Gasteiger partial charge in [-0.05, 0) is 42.6 Å². The zero-order valence-corrected chi connectivity index (χ0v) is 15.6. The number of carbonyl (C=O) groups is 1. The molecule has 2 aromatic carbocycles. The molecule has 1 aliphatic rings. The van der Waals surface area contributed by atoms with E-state index in [0.29, 0.717) is 16.6 Å². The van der Waals surface area contributed by atoms with Gasteiger partial charge in [0.05, 0.1) is 5.92 Å².